The SMILES string of the molecule is Cl.ClCCCOCc1nc2nc(Cl)nc(N3CC4CC3C4)c2[nH]1. The van der Waals surface area contributed by atoms with E-state index in [1.54, 1.807) is 0 Å². The van der Waals surface area contributed by atoms with Crippen LogP contribution in [0.5, 0.6) is 0 Å². The summed E-state index contributed by atoms with van der Waals surface area (Å²) in [6, 6.07) is 0.589. The fourth-order valence-electron chi connectivity index (χ4n) is 3.30. The molecule has 0 radical (unpaired) electrons. The van der Waals surface area contributed by atoms with Crippen LogP contribution >= 0.6 is 35.6 Å². The van der Waals surface area contributed by atoms with Crippen LogP contribution in [0.3, 0.4) is 0 Å². The van der Waals surface area contributed by atoms with Gasteiger partial charge in [-0.25, -0.2) is 4.98 Å². The number of aromatic nitrogens is 4. The molecule has 0 amide bonds. The van der Waals surface area contributed by atoms with E-state index in [1.807, 2.05) is 0 Å². The van der Waals surface area contributed by atoms with Gasteiger partial charge in [0.25, 0.3) is 0 Å². The van der Waals surface area contributed by atoms with Crippen molar-refractivity contribution in [1.29, 1.82) is 0 Å². The van der Waals surface area contributed by atoms with Crippen molar-refractivity contribution in [2.45, 2.75) is 31.9 Å². The van der Waals surface area contributed by atoms with Crippen molar-refractivity contribution in [2.24, 2.45) is 5.92 Å². The number of nitrogens with one attached hydrogen (secondary N) is 1. The van der Waals surface area contributed by atoms with Gasteiger partial charge in [-0.3, -0.25) is 0 Å². The number of aromatic amines is 1. The summed E-state index contributed by atoms with van der Waals surface area (Å²) in [5, 5.41) is 0.243. The van der Waals surface area contributed by atoms with E-state index in [4.69, 9.17) is 27.9 Å². The number of H-pyrrole nitrogens is 1. The van der Waals surface area contributed by atoms with E-state index in [2.05, 4.69) is 24.8 Å². The van der Waals surface area contributed by atoms with Gasteiger partial charge in [-0.15, -0.1) is 24.0 Å². The zero-order chi connectivity index (χ0) is 15.1. The Balaban J connectivity index is 0.00000156. The van der Waals surface area contributed by atoms with E-state index < -0.39 is 0 Å². The van der Waals surface area contributed by atoms with Gasteiger partial charge in [-0.2, -0.15) is 9.97 Å². The summed E-state index contributed by atoms with van der Waals surface area (Å²) in [4.78, 5) is 18.7. The molecule has 2 aliphatic heterocycles. The average Bonchev–Trinajstić information content (AvgIpc) is 3.14. The molecular weight excluding hydrogens is 361 g/mol. The van der Waals surface area contributed by atoms with Gasteiger partial charge in [0, 0.05) is 25.1 Å². The summed E-state index contributed by atoms with van der Waals surface area (Å²) in [6.45, 7) is 2.08. The number of halogens is 3. The number of imidazole rings is 1. The van der Waals surface area contributed by atoms with E-state index in [0.29, 0.717) is 30.8 Å². The molecule has 2 aromatic heterocycles. The maximum atomic E-state index is 6.07. The lowest BCUT2D eigenvalue weighted by Crippen LogP contribution is -2.29. The Labute approximate surface area is 150 Å². The number of hydrogen-bond acceptors (Lipinski definition) is 5. The molecule has 6 nitrogen and oxygen atoms in total. The second-order valence-corrected chi connectivity index (χ2v) is 6.65. The van der Waals surface area contributed by atoms with Crippen LogP contribution in [0.15, 0.2) is 0 Å². The Morgan fingerprint density at radius 3 is 2.78 bits per heavy atom. The lowest BCUT2D eigenvalue weighted by atomic mass is 9.86. The fraction of sp³-hybridized carbons (Fsp3) is 0.643. The van der Waals surface area contributed by atoms with Crippen molar-refractivity contribution in [3.63, 3.8) is 0 Å². The fourth-order valence-corrected chi connectivity index (χ4v) is 3.57. The molecule has 3 fully saturated rings. The van der Waals surface area contributed by atoms with Gasteiger partial charge < -0.3 is 14.6 Å². The minimum absolute atomic E-state index is 0. The van der Waals surface area contributed by atoms with Crippen LogP contribution in [0.25, 0.3) is 11.2 Å². The summed E-state index contributed by atoms with van der Waals surface area (Å²) in [7, 11) is 0. The number of fused-ring (bicyclic) bond motifs is 2. The van der Waals surface area contributed by atoms with Crippen LogP contribution < -0.4 is 4.90 Å². The van der Waals surface area contributed by atoms with Crippen molar-refractivity contribution < 1.29 is 4.74 Å². The first kappa shape index (κ1) is 17.0. The van der Waals surface area contributed by atoms with Crippen LogP contribution in [0.2, 0.25) is 5.28 Å². The number of nitrogens with zero attached hydrogens (tertiary/aromatic N) is 4. The molecule has 1 aliphatic carbocycles. The molecule has 0 atom stereocenters. The minimum Gasteiger partial charge on any atom is -0.373 e. The number of rotatable bonds is 6. The second kappa shape index (κ2) is 6.97. The molecular formula is C14H18Cl3N5O. The molecule has 3 aliphatic rings. The zero-order valence-corrected chi connectivity index (χ0v) is 14.8. The predicted molar refractivity (Wildman–Crippen MR) is 92.8 cm³/mol. The monoisotopic (exact) mass is 377 g/mol. The van der Waals surface area contributed by atoms with Crippen LogP contribution in [0.1, 0.15) is 25.1 Å². The largest absolute Gasteiger partial charge is 0.373 e. The van der Waals surface area contributed by atoms with Crippen molar-refractivity contribution in [2.75, 3.05) is 23.9 Å². The number of alkyl halides is 1. The van der Waals surface area contributed by atoms with E-state index >= 15 is 0 Å². The van der Waals surface area contributed by atoms with Gasteiger partial charge in [0.2, 0.25) is 5.28 Å². The standard InChI is InChI=1S/C14H17Cl2N5O.ClH/c15-2-1-3-22-7-10-17-11-12(18-10)19-14(16)20-13(11)21-6-8-4-9(21)5-8;/h8-9H,1-7H2,(H,17,18,19,20);1H. The normalized spacial score (nSPS) is 22.3. The topological polar surface area (TPSA) is 66.9 Å². The first-order valence-electron chi connectivity index (χ1n) is 7.57. The van der Waals surface area contributed by atoms with Crippen molar-refractivity contribution in [1.82, 2.24) is 19.9 Å². The molecule has 9 heteroatoms. The van der Waals surface area contributed by atoms with E-state index in [9.17, 15) is 0 Å². The maximum Gasteiger partial charge on any atom is 0.226 e. The highest BCUT2D eigenvalue weighted by Gasteiger charge is 2.44. The van der Waals surface area contributed by atoms with E-state index in [1.165, 1.54) is 12.8 Å². The van der Waals surface area contributed by atoms with Crippen molar-refractivity contribution >= 4 is 52.6 Å². The lowest BCUT2D eigenvalue weighted by Gasteiger charge is -2.26. The third kappa shape index (κ3) is 3.22. The molecule has 4 heterocycles. The lowest BCUT2D eigenvalue weighted by molar-refractivity contribution is 0.117. The Morgan fingerprint density at radius 1 is 1.26 bits per heavy atom. The van der Waals surface area contributed by atoms with Crippen molar-refractivity contribution in [3.05, 3.63) is 11.1 Å². The third-order valence-electron chi connectivity index (χ3n) is 4.39. The first-order valence-corrected chi connectivity index (χ1v) is 8.48. The summed E-state index contributed by atoms with van der Waals surface area (Å²) in [6.07, 6.45) is 3.34. The van der Waals surface area contributed by atoms with Gasteiger partial charge in [0.15, 0.2) is 11.5 Å². The van der Waals surface area contributed by atoms with Gasteiger partial charge in [0.05, 0.1) is 0 Å². The molecule has 5 rings (SSSR count). The highest BCUT2D eigenvalue weighted by atomic mass is 35.5. The molecule has 2 saturated heterocycles. The highest BCUT2D eigenvalue weighted by Crippen LogP contribution is 2.44. The van der Waals surface area contributed by atoms with Crippen LogP contribution in [-0.4, -0.2) is 45.0 Å². The molecule has 0 unspecified atom stereocenters. The molecule has 0 spiro atoms. The number of anilines is 1. The summed E-state index contributed by atoms with van der Waals surface area (Å²) in [5.41, 5.74) is 1.46. The average molecular weight is 379 g/mol. The zero-order valence-electron chi connectivity index (χ0n) is 12.5. The van der Waals surface area contributed by atoms with Gasteiger partial charge >= 0.3 is 0 Å². The molecule has 0 aromatic carbocycles. The Kier molecular flexibility index (Phi) is 5.16. The van der Waals surface area contributed by atoms with Gasteiger partial charge in [0.1, 0.15) is 17.9 Å². The summed E-state index contributed by atoms with van der Waals surface area (Å²) >= 11 is 11.7. The second-order valence-electron chi connectivity index (χ2n) is 5.94. The van der Waals surface area contributed by atoms with Crippen LogP contribution in [0.4, 0.5) is 5.82 Å². The Hall–Kier alpha value is -0.820. The summed E-state index contributed by atoms with van der Waals surface area (Å²) < 4.78 is 5.54. The van der Waals surface area contributed by atoms with E-state index in [0.717, 1.165) is 36.0 Å². The molecule has 2 aromatic rings. The predicted octanol–water partition coefficient (Wildman–Crippen LogP) is 3.17. The van der Waals surface area contributed by atoms with Crippen LogP contribution in [0, 0.1) is 5.92 Å². The van der Waals surface area contributed by atoms with Crippen molar-refractivity contribution in [3.8, 4) is 0 Å². The Morgan fingerprint density at radius 2 is 2.09 bits per heavy atom. The third-order valence-corrected chi connectivity index (χ3v) is 4.83. The molecule has 23 heavy (non-hydrogen) atoms. The van der Waals surface area contributed by atoms with Crippen LogP contribution in [-0.2, 0) is 11.3 Å². The highest BCUT2D eigenvalue weighted by molar-refractivity contribution is 6.28. The molecule has 1 N–H and O–H groups in total. The van der Waals surface area contributed by atoms with E-state index in [-0.39, 0.29) is 17.7 Å². The molecule has 2 bridgehead atoms. The number of hydrogen-bond donors (Lipinski definition) is 1. The Bertz CT molecular complexity index is 688. The molecule has 126 valence electrons. The quantitative estimate of drug-likeness (QED) is 0.475. The van der Waals surface area contributed by atoms with Gasteiger partial charge in [-0.1, -0.05) is 0 Å². The smallest absolute Gasteiger partial charge is 0.226 e. The minimum atomic E-state index is 0. The number of ether oxygens (including phenoxy) is 1. The van der Waals surface area contributed by atoms with Gasteiger partial charge in [-0.05, 0) is 36.8 Å². The summed E-state index contributed by atoms with van der Waals surface area (Å²) in [5.74, 6) is 3.02. The molecule has 1 saturated carbocycles. The maximum absolute atomic E-state index is 6.07. The first-order chi connectivity index (χ1) is 10.7.